The Bertz CT molecular complexity index is 471. The van der Waals surface area contributed by atoms with Crippen molar-refractivity contribution in [1.29, 1.82) is 0 Å². The van der Waals surface area contributed by atoms with Gasteiger partial charge in [-0.1, -0.05) is 11.8 Å². The molecule has 6 heteroatoms. The number of aryl methyl sites for hydroxylation is 1. The Kier molecular flexibility index (Phi) is 3.09. The van der Waals surface area contributed by atoms with Gasteiger partial charge in [0.2, 0.25) is 0 Å². The fourth-order valence-corrected chi connectivity index (χ4v) is 1.75. The van der Waals surface area contributed by atoms with E-state index in [0.717, 1.165) is 22.6 Å². The molecule has 1 N–H and O–H groups in total. The topological polar surface area (TPSA) is 55.6 Å². The first-order chi connectivity index (χ1) is 7.74. The monoisotopic (exact) mass is 235 g/mol. The van der Waals surface area contributed by atoms with Gasteiger partial charge in [0.1, 0.15) is 17.5 Å². The third kappa shape index (κ3) is 2.01. The maximum absolute atomic E-state index is 4.44. The zero-order valence-corrected chi connectivity index (χ0v) is 10.2. The fraction of sp³-hybridized carbons (Fsp3) is 0.300. The number of anilines is 1. The summed E-state index contributed by atoms with van der Waals surface area (Å²) in [5.74, 6) is 2.55. The van der Waals surface area contributed by atoms with Crippen LogP contribution in [0, 0.1) is 6.92 Å². The Morgan fingerprint density at radius 2 is 2.19 bits per heavy atom. The molecule has 84 valence electrons. The molecule has 0 amide bonds. The van der Waals surface area contributed by atoms with Crippen LogP contribution in [0.2, 0.25) is 0 Å². The second kappa shape index (κ2) is 4.52. The standard InChI is InChI=1S/C10H13N5S/c1-7-12-4-5-15(7)9-6-8(11-2)13-10(14-9)16-3/h4-6H,1-3H3,(H,11,13,14). The largest absolute Gasteiger partial charge is 0.373 e. The predicted octanol–water partition coefficient (Wildman–Crippen LogP) is 1.73. The molecule has 0 unspecified atom stereocenters. The highest BCUT2D eigenvalue weighted by atomic mass is 32.2. The molecule has 0 atom stereocenters. The molecule has 0 aliphatic carbocycles. The van der Waals surface area contributed by atoms with E-state index in [0.29, 0.717) is 0 Å². The second-order valence-corrected chi connectivity index (χ2v) is 3.97. The van der Waals surface area contributed by atoms with Crippen molar-refractivity contribution < 1.29 is 0 Å². The van der Waals surface area contributed by atoms with Crippen LogP contribution in [-0.4, -0.2) is 32.8 Å². The fourth-order valence-electron chi connectivity index (χ4n) is 1.38. The van der Waals surface area contributed by atoms with E-state index in [4.69, 9.17) is 0 Å². The molecule has 0 radical (unpaired) electrons. The molecular formula is C10H13N5S. The highest BCUT2D eigenvalue weighted by Gasteiger charge is 2.06. The summed E-state index contributed by atoms with van der Waals surface area (Å²) in [6.45, 7) is 1.94. The van der Waals surface area contributed by atoms with Crippen LogP contribution in [0.1, 0.15) is 5.82 Å². The van der Waals surface area contributed by atoms with Gasteiger partial charge in [0.15, 0.2) is 5.16 Å². The van der Waals surface area contributed by atoms with Gasteiger partial charge < -0.3 is 5.32 Å². The summed E-state index contributed by atoms with van der Waals surface area (Å²) in [5, 5.41) is 3.77. The lowest BCUT2D eigenvalue weighted by atomic mass is 10.5. The van der Waals surface area contributed by atoms with Gasteiger partial charge >= 0.3 is 0 Å². The SMILES string of the molecule is CNc1cc(-n2ccnc2C)nc(SC)n1. The van der Waals surface area contributed by atoms with Crippen molar-refractivity contribution in [2.24, 2.45) is 0 Å². The number of aromatic nitrogens is 4. The van der Waals surface area contributed by atoms with E-state index in [1.54, 1.807) is 6.20 Å². The first-order valence-electron chi connectivity index (χ1n) is 4.85. The highest BCUT2D eigenvalue weighted by molar-refractivity contribution is 7.98. The number of hydrogen-bond acceptors (Lipinski definition) is 5. The van der Waals surface area contributed by atoms with Crippen LogP contribution in [0.25, 0.3) is 5.82 Å². The highest BCUT2D eigenvalue weighted by Crippen LogP contribution is 2.17. The molecule has 0 bridgehead atoms. The molecule has 2 rings (SSSR count). The smallest absolute Gasteiger partial charge is 0.191 e. The number of hydrogen-bond donors (Lipinski definition) is 1. The van der Waals surface area contributed by atoms with Crippen molar-refractivity contribution in [3.8, 4) is 5.82 Å². The first kappa shape index (κ1) is 10.9. The van der Waals surface area contributed by atoms with Crippen LogP contribution in [0.3, 0.4) is 0 Å². The maximum atomic E-state index is 4.44. The van der Waals surface area contributed by atoms with Gasteiger partial charge in [0.05, 0.1) is 0 Å². The summed E-state index contributed by atoms with van der Waals surface area (Å²) in [7, 11) is 1.84. The lowest BCUT2D eigenvalue weighted by Gasteiger charge is -2.07. The molecule has 0 saturated carbocycles. The quantitative estimate of drug-likeness (QED) is 0.648. The normalized spacial score (nSPS) is 10.4. The molecule has 0 aromatic carbocycles. The van der Waals surface area contributed by atoms with Crippen molar-refractivity contribution in [1.82, 2.24) is 19.5 Å². The van der Waals surface area contributed by atoms with Gasteiger partial charge in [-0.25, -0.2) is 15.0 Å². The van der Waals surface area contributed by atoms with Crippen molar-refractivity contribution >= 4 is 17.6 Å². The lowest BCUT2D eigenvalue weighted by molar-refractivity contribution is 0.867. The molecule has 5 nitrogen and oxygen atoms in total. The summed E-state index contributed by atoms with van der Waals surface area (Å²) in [4.78, 5) is 12.9. The molecule has 16 heavy (non-hydrogen) atoms. The van der Waals surface area contributed by atoms with E-state index < -0.39 is 0 Å². The van der Waals surface area contributed by atoms with Gasteiger partial charge in [0, 0.05) is 25.5 Å². The molecule has 0 spiro atoms. The second-order valence-electron chi connectivity index (χ2n) is 3.19. The van der Waals surface area contributed by atoms with Crippen LogP contribution in [0.4, 0.5) is 5.82 Å². The third-order valence-electron chi connectivity index (χ3n) is 2.20. The van der Waals surface area contributed by atoms with Gasteiger partial charge in [-0.2, -0.15) is 0 Å². The lowest BCUT2D eigenvalue weighted by Crippen LogP contribution is -2.03. The number of rotatable bonds is 3. The van der Waals surface area contributed by atoms with E-state index in [1.807, 2.05) is 37.1 Å². The van der Waals surface area contributed by atoms with E-state index in [1.165, 1.54) is 11.8 Å². The maximum Gasteiger partial charge on any atom is 0.191 e. The van der Waals surface area contributed by atoms with Gasteiger partial charge in [-0.3, -0.25) is 4.57 Å². The summed E-state index contributed by atoms with van der Waals surface area (Å²) in [6.07, 6.45) is 5.61. The molecule has 0 aliphatic heterocycles. The molecule has 2 heterocycles. The summed E-state index contributed by atoms with van der Waals surface area (Å²) < 4.78 is 1.93. The number of nitrogens with one attached hydrogen (secondary N) is 1. The molecule has 2 aromatic rings. The summed E-state index contributed by atoms with van der Waals surface area (Å²) in [6, 6.07) is 1.90. The van der Waals surface area contributed by atoms with E-state index in [-0.39, 0.29) is 0 Å². The Morgan fingerprint density at radius 3 is 2.75 bits per heavy atom. The van der Waals surface area contributed by atoms with E-state index in [2.05, 4.69) is 20.3 Å². The number of imidazole rings is 1. The van der Waals surface area contributed by atoms with Crippen LogP contribution >= 0.6 is 11.8 Å². The Labute approximate surface area is 98.3 Å². The zero-order valence-electron chi connectivity index (χ0n) is 9.43. The first-order valence-corrected chi connectivity index (χ1v) is 6.08. The van der Waals surface area contributed by atoms with Gasteiger partial charge in [-0.15, -0.1) is 0 Å². The minimum atomic E-state index is 0.745. The Balaban J connectivity index is 2.52. The Morgan fingerprint density at radius 1 is 1.38 bits per heavy atom. The van der Waals surface area contributed by atoms with Crippen molar-refractivity contribution in [3.63, 3.8) is 0 Å². The number of thioether (sulfide) groups is 1. The van der Waals surface area contributed by atoms with Gasteiger partial charge in [-0.05, 0) is 13.2 Å². The van der Waals surface area contributed by atoms with Crippen LogP contribution in [0.15, 0.2) is 23.6 Å². The third-order valence-corrected chi connectivity index (χ3v) is 2.75. The van der Waals surface area contributed by atoms with Crippen LogP contribution < -0.4 is 5.32 Å². The Hall–Kier alpha value is -1.56. The molecule has 0 fully saturated rings. The van der Waals surface area contributed by atoms with Crippen LogP contribution in [0.5, 0.6) is 0 Å². The molecule has 0 saturated heterocycles. The minimum absolute atomic E-state index is 0.745. The van der Waals surface area contributed by atoms with Crippen molar-refractivity contribution in [2.45, 2.75) is 12.1 Å². The van der Waals surface area contributed by atoms with Gasteiger partial charge in [0.25, 0.3) is 0 Å². The number of nitrogens with zero attached hydrogens (tertiary/aromatic N) is 4. The molecule has 0 aliphatic rings. The van der Waals surface area contributed by atoms with Crippen molar-refractivity contribution in [3.05, 3.63) is 24.3 Å². The summed E-state index contributed by atoms with van der Waals surface area (Å²) in [5.41, 5.74) is 0. The van der Waals surface area contributed by atoms with E-state index in [9.17, 15) is 0 Å². The average molecular weight is 235 g/mol. The molecule has 2 aromatic heterocycles. The predicted molar refractivity (Wildman–Crippen MR) is 65.2 cm³/mol. The van der Waals surface area contributed by atoms with Crippen LogP contribution in [-0.2, 0) is 0 Å². The minimum Gasteiger partial charge on any atom is -0.373 e. The average Bonchev–Trinajstić information content (AvgIpc) is 2.74. The van der Waals surface area contributed by atoms with Crippen molar-refractivity contribution in [2.75, 3.05) is 18.6 Å². The zero-order chi connectivity index (χ0) is 11.5. The molecular weight excluding hydrogens is 222 g/mol. The van der Waals surface area contributed by atoms with E-state index >= 15 is 0 Å². The summed E-state index contributed by atoms with van der Waals surface area (Å²) >= 11 is 1.52.